The maximum Gasteiger partial charge on any atom is 0.334 e. The summed E-state index contributed by atoms with van der Waals surface area (Å²) in [4.78, 5) is 10.4. The van der Waals surface area contributed by atoms with Gasteiger partial charge in [0.15, 0.2) is 0 Å². The van der Waals surface area contributed by atoms with E-state index in [1.165, 1.54) is 6.26 Å². The second kappa shape index (κ2) is 3.23. The molecule has 0 bridgehead atoms. The molecule has 1 rings (SSSR count). The molecule has 0 aromatic heterocycles. The molecule has 0 aliphatic carbocycles. The summed E-state index contributed by atoms with van der Waals surface area (Å²) < 4.78 is 4.93. The first kappa shape index (κ1) is 7.85. The third kappa shape index (κ3) is 1.83. The van der Waals surface area contributed by atoms with E-state index >= 15 is 0 Å². The van der Waals surface area contributed by atoms with Crippen molar-refractivity contribution in [2.75, 3.05) is 6.61 Å². The third-order valence-electron chi connectivity index (χ3n) is 1.63. The SMILES string of the molecule is C=CC1COC=C(C(=O)O)C1. The highest BCUT2D eigenvalue weighted by molar-refractivity contribution is 5.86. The summed E-state index contributed by atoms with van der Waals surface area (Å²) >= 11 is 0. The van der Waals surface area contributed by atoms with Crippen LogP contribution in [0.2, 0.25) is 0 Å². The standard InChI is InChI=1S/C8H10O3/c1-2-6-3-7(8(9)10)5-11-4-6/h2,5-6H,1,3-4H2,(H,9,10). The normalized spacial score (nSPS) is 23.3. The van der Waals surface area contributed by atoms with Crippen LogP contribution in [0.5, 0.6) is 0 Å². The average molecular weight is 154 g/mol. The number of rotatable bonds is 2. The van der Waals surface area contributed by atoms with Gasteiger partial charge >= 0.3 is 5.97 Å². The Morgan fingerprint density at radius 3 is 3.18 bits per heavy atom. The van der Waals surface area contributed by atoms with Crippen LogP contribution in [0.3, 0.4) is 0 Å². The molecule has 1 heterocycles. The molecule has 0 spiro atoms. The van der Waals surface area contributed by atoms with Gasteiger partial charge in [0.2, 0.25) is 0 Å². The van der Waals surface area contributed by atoms with Crippen molar-refractivity contribution in [3.8, 4) is 0 Å². The molecule has 1 aliphatic rings. The number of carbonyl (C=O) groups is 1. The zero-order valence-electron chi connectivity index (χ0n) is 6.12. The number of hydrogen-bond donors (Lipinski definition) is 1. The van der Waals surface area contributed by atoms with Crippen LogP contribution < -0.4 is 0 Å². The molecule has 11 heavy (non-hydrogen) atoms. The molecule has 1 unspecified atom stereocenters. The number of aliphatic carboxylic acids is 1. The van der Waals surface area contributed by atoms with Gasteiger partial charge in [-0.25, -0.2) is 4.79 Å². The van der Waals surface area contributed by atoms with E-state index in [-0.39, 0.29) is 5.92 Å². The third-order valence-corrected chi connectivity index (χ3v) is 1.63. The predicted octanol–water partition coefficient (Wildman–Crippen LogP) is 1.18. The second-order valence-electron chi connectivity index (χ2n) is 2.48. The van der Waals surface area contributed by atoms with Crippen LogP contribution in [0.1, 0.15) is 6.42 Å². The molecule has 0 fully saturated rings. The Balaban J connectivity index is 2.62. The van der Waals surface area contributed by atoms with E-state index in [1.807, 2.05) is 0 Å². The van der Waals surface area contributed by atoms with Crippen molar-refractivity contribution < 1.29 is 14.6 Å². The van der Waals surface area contributed by atoms with Gasteiger partial charge in [-0.2, -0.15) is 0 Å². The van der Waals surface area contributed by atoms with E-state index in [4.69, 9.17) is 9.84 Å². The van der Waals surface area contributed by atoms with Gasteiger partial charge in [-0.15, -0.1) is 6.58 Å². The van der Waals surface area contributed by atoms with Crippen molar-refractivity contribution >= 4 is 5.97 Å². The van der Waals surface area contributed by atoms with E-state index in [2.05, 4.69) is 6.58 Å². The van der Waals surface area contributed by atoms with Crippen LogP contribution in [-0.4, -0.2) is 17.7 Å². The summed E-state index contributed by atoms with van der Waals surface area (Å²) in [5, 5.41) is 8.57. The smallest absolute Gasteiger partial charge is 0.334 e. The minimum atomic E-state index is -0.906. The van der Waals surface area contributed by atoms with E-state index < -0.39 is 5.97 Å². The lowest BCUT2D eigenvalue weighted by Crippen LogP contribution is -2.15. The fourth-order valence-corrected chi connectivity index (χ4v) is 0.951. The summed E-state index contributed by atoms with van der Waals surface area (Å²) in [6, 6.07) is 0. The first-order chi connectivity index (χ1) is 5.24. The van der Waals surface area contributed by atoms with Crippen LogP contribution in [-0.2, 0) is 9.53 Å². The average Bonchev–Trinajstić information content (AvgIpc) is 2.05. The van der Waals surface area contributed by atoms with Gasteiger partial charge in [0.1, 0.15) is 0 Å². The van der Waals surface area contributed by atoms with Crippen molar-refractivity contribution in [3.05, 3.63) is 24.5 Å². The summed E-state index contributed by atoms with van der Waals surface area (Å²) in [5.74, 6) is -0.761. The summed E-state index contributed by atoms with van der Waals surface area (Å²) in [7, 11) is 0. The van der Waals surface area contributed by atoms with Crippen molar-refractivity contribution in [1.82, 2.24) is 0 Å². The van der Waals surface area contributed by atoms with Crippen LogP contribution in [0, 0.1) is 5.92 Å². The lowest BCUT2D eigenvalue weighted by Gasteiger charge is -2.17. The Hall–Kier alpha value is -1.25. The molecule has 0 amide bonds. The molecule has 1 atom stereocenters. The highest BCUT2D eigenvalue weighted by atomic mass is 16.5. The van der Waals surface area contributed by atoms with Gasteiger partial charge in [0.05, 0.1) is 18.4 Å². The molecule has 0 radical (unpaired) electrons. The Kier molecular flexibility index (Phi) is 2.31. The Bertz CT molecular complexity index is 205. The van der Waals surface area contributed by atoms with Gasteiger partial charge < -0.3 is 9.84 Å². The zero-order valence-corrected chi connectivity index (χ0v) is 6.12. The lowest BCUT2D eigenvalue weighted by molar-refractivity contribution is -0.133. The summed E-state index contributed by atoms with van der Waals surface area (Å²) in [5.41, 5.74) is 0.321. The lowest BCUT2D eigenvalue weighted by atomic mass is 9.99. The monoisotopic (exact) mass is 154 g/mol. The van der Waals surface area contributed by atoms with Crippen LogP contribution >= 0.6 is 0 Å². The largest absolute Gasteiger partial charge is 0.500 e. The number of carboxylic acid groups (broad SMARTS) is 1. The molecule has 1 aliphatic heterocycles. The maximum atomic E-state index is 10.4. The Morgan fingerprint density at radius 2 is 2.64 bits per heavy atom. The molecule has 3 heteroatoms. The van der Waals surface area contributed by atoms with Gasteiger partial charge in [-0.05, 0) is 6.42 Å². The molecule has 0 aromatic carbocycles. The molecular weight excluding hydrogens is 144 g/mol. The molecule has 60 valence electrons. The fraction of sp³-hybridized carbons (Fsp3) is 0.375. The van der Waals surface area contributed by atoms with E-state index in [1.54, 1.807) is 6.08 Å². The van der Waals surface area contributed by atoms with E-state index in [0.717, 1.165) is 0 Å². The summed E-state index contributed by atoms with van der Waals surface area (Å²) in [6.07, 6.45) is 3.55. The van der Waals surface area contributed by atoms with E-state index in [0.29, 0.717) is 18.6 Å². The van der Waals surface area contributed by atoms with Gasteiger partial charge in [-0.3, -0.25) is 0 Å². The molecule has 1 N–H and O–H groups in total. The van der Waals surface area contributed by atoms with Crippen LogP contribution in [0.15, 0.2) is 24.5 Å². The predicted molar refractivity (Wildman–Crippen MR) is 40.0 cm³/mol. The Labute approximate surface area is 65.0 Å². The minimum Gasteiger partial charge on any atom is -0.500 e. The van der Waals surface area contributed by atoms with Gasteiger partial charge in [0.25, 0.3) is 0 Å². The first-order valence-corrected chi connectivity index (χ1v) is 3.40. The number of ether oxygens (including phenoxy) is 1. The fourth-order valence-electron chi connectivity index (χ4n) is 0.951. The first-order valence-electron chi connectivity index (χ1n) is 3.40. The molecule has 0 saturated carbocycles. The van der Waals surface area contributed by atoms with Crippen LogP contribution in [0.25, 0.3) is 0 Å². The van der Waals surface area contributed by atoms with Crippen molar-refractivity contribution in [1.29, 1.82) is 0 Å². The number of hydrogen-bond acceptors (Lipinski definition) is 2. The van der Waals surface area contributed by atoms with Crippen molar-refractivity contribution in [2.24, 2.45) is 5.92 Å². The highest BCUT2D eigenvalue weighted by Gasteiger charge is 2.17. The van der Waals surface area contributed by atoms with Crippen molar-refractivity contribution in [3.63, 3.8) is 0 Å². The molecule has 0 saturated heterocycles. The van der Waals surface area contributed by atoms with Gasteiger partial charge in [0, 0.05) is 5.92 Å². The summed E-state index contributed by atoms with van der Waals surface area (Å²) in [6.45, 7) is 4.12. The van der Waals surface area contributed by atoms with Crippen LogP contribution in [0.4, 0.5) is 0 Å². The molecule has 0 aromatic rings. The molecular formula is C8H10O3. The van der Waals surface area contributed by atoms with E-state index in [9.17, 15) is 4.79 Å². The topological polar surface area (TPSA) is 46.5 Å². The van der Waals surface area contributed by atoms with Crippen molar-refractivity contribution in [2.45, 2.75) is 6.42 Å². The minimum absolute atomic E-state index is 0.145. The quantitative estimate of drug-likeness (QED) is 0.607. The Morgan fingerprint density at radius 1 is 1.91 bits per heavy atom. The highest BCUT2D eigenvalue weighted by Crippen LogP contribution is 2.18. The zero-order chi connectivity index (χ0) is 8.27. The maximum absolute atomic E-state index is 10.4. The second-order valence-corrected chi connectivity index (χ2v) is 2.48. The number of carboxylic acids is 1. The molecule has 3 nitrogen and oxygen atoms in total. The van der Waals surface area contributed by atoms with Gasteiger partial charge in [-0.1, -0.05) is 6.08 Å².